The SMILES string of the molecule is CC(C)(C)OC(=O)CCCCCCCCCCCCCCCCC(=O)N[C@@H](CCC(=O)NCCNC(=O)OCC1c2ccccc2-c2ccccc21)C(=O)OCc1ccccc1.CC(C)(C)OC(=O)CCCCCCCCCCCCCCCCC(=O)N[C@@H](CCC(=O)Oc1c(F)c(F)c(F)c(F)c1F)C(=O)OCc1ccccc1.NCCNC(=O)OCC1c2ccccc2-c2ccccc21. The molecule has 5 amide bonds. The van der Waals surface area contributed by atoms with Gasteiger partial charge in [-0.25, -0.2) is 32.3 Å². The molecule has 23 nitrogen and oxygen atoms in total. The van der Waals surface area contributed by atoms with Gasteiger partial charge in [-0.2, -0.15) is 8.78 Å². The molecule has 136 heavy (non-hydrogen) atoms. The Morgan fingerprint density at radius 2 is 0.603 bits per heavy atom. The van der Waals surface area contributed by atoms with Gasteiger partial charge in [0.05, 0.1) is 0 Å². The molecule has 2 aliphatic rings. The fraction of sp³-hybridized carbons (Fsp3) is 0.519. The number of fused-ring (bicyclic) bond motifs is 6. The lowest BCUT2D eigenvalue weighted by atomic mass is 9.98. The van der Waals surface area contributed by atoms with Crippen molar-refractivity contribution in [1.29, 1.82) is 0 Å². The minimum atomic E-state index is -2.40. The Morgan fingerprint density at radius 1 is 0.316 bits per heavy atom. The van der Waals surface area contributed by atoms with Crippen molar-refractivity contribution >= 4 is 59.8 Å². The van der Waals surface area contributed by atoms with Crippen LogP contribution in [-0.2, 0) is 80.0 Å². The van der Waals surface area contributed by atoms with Crippen molar-refractivity contribution in [3.8, 4) is 28.0 Å². The van der Waals surface area contributed by atoms with Gasteiger partial charge in [-0.1, -0.05) is 312 Å². The van der Waals surface area contributed by atoms with E-state index in [1.165, 1.54) is 106 Å². The van der Waals surface area contributed by atoms with E-state index in [0.717, 1.165) is 118 Å². The molecule has 7 aromatic carbocycles. The number of nitrogens with one attached hydrogen (secondary N) is 5. The van der Waals surface area contributed by atoms with Gasteiger partial charge in [0.25, 0.3) is 0 Å². The van der Waals surface area contributed by atoms with Gasteiger partial charge in [-0.05, 0) is 136 Å². The maximum atomic E-state index is 14.0. The van der Waals surface area contributed by atoms with Crippen LogP contribution in [0.5, 0.6) is 5.75 Å². The highest BCUT2D eigenvalue weighted by Gasteiger charge is 2.34. The monoisotopic (exact) mass is 1890 g/mol. The number of hydrogen-bond acceptors (Lipinski definition) is 18. The van der Waals surface area contributed by atoms with Crippen LogP contribution < -0.4 is 37.1 Å². The largest absolute Gasteiger partial charge is 0.460 e. The average molecular weight is 1890 g/mol. The van der Waals surface area contributed by atoms with Crippen LogP contribution in [0.15, 0.2) is 158 Å². The zero-order chi connectivity index (χ0) is 98.3. The number of carbonyl (C=O) groups excluding carboxylic acids is 10. The van der Waals surface area contributed by atoms with Crippen molar-refractivity contribution in [3.63, 3.8) is 0 Å². The molecule has 742 valence electrons. The smallest absolute Gasteiger partial charge is 0.407 e. The Kier molecular flexibility index (Phi) is 51.0. The summed E-state index contributed by atoms with van der Waals surface area (Å²) in [7, 11) is 0. The van der Waals surface area contributed by atoms with Crippen LogP contribution in [0.25, 0.3) is 22.3 Å². The van der Waals surface area contributed by atoms with E-state index in [1.807, 2.05) is 120 Å². The van der Waals surface area contributed by atoms with Gasteiger partial charge in [0.2, 0.25) is 52.6 Å². The zero-order valence-electron chi connectivity index (χ0n) is 80.3. The van der Waals surface area contributed by atoms with Gasteiger partial charge >= 0.3 is 42.0 Å². The topological polar surface area (TPSA) is 321 Å². The number of rotatable bonds is 58. The van der Waals surface area contributed by atoms with E-state index >= 15 is 0 Å². The first-order valence-electron chi connectivity index (χ1n) is 48.8. The summed E-state index contributed by atoms with van der Waals surface area (Å²) in [5.41, 5.74) is 15.4. The van der Waals surface area contributed by atoms with Crippen LogP contribution >= 0.6 is 0 Å². The first-order chi connectivity index (χ1) is 65.5. The standard InChI is InChI=1S/C51H71N3O8.C40H54F5NO7.C17H18N2O2/c1-51(2,3)62-48(57)32-20-15-13-11-9-7-5-4-6-8-10-12-14-19-31-47(56)54-45(49(58)60-37-39-25-17-16-18-26-39)33-34-46(55)52-35-36-53-50(59)61-38-44-42-29-23-21-27-40(42)41-28-22-24-30-43(41)44;1-40(2,3)53-32(49)24-20-15-13-11-9-7-5-4-6-8-10-12-14-19-23-30(47)46-29(39(50)51-27-28-21-17-16-18-22-28)25-26-31(48)52-38-36(44)34(42)33(41)35(43)37(38)45;18-9-10-19-17(20)21-11-16-14-7-3-1-5-12(14)13-6-2-4-8-15(13)16/h16-18,21-30,44-45H,4-15,19-20,31-38H2,1-3H3,(H,52,55)(H,53,59)(H,54,56);16-18,21-22,29H,4-15,19-20,23-27H2,1-3H3,(H,46,47);1-8,16H,9-11,18H2,(H,19,20)/t45-;29-;/m00./s1. The van der Waals surface area contributed by atoms with E-state index < -0.39 is 107 Å². The van der Waals surface area contributed by atoms with Crippen molar-refractivity contribution in [1.82, 2.24) is 26.6 Å². The summed E-state index contributed by atoms with van der Waals surface area (Å²) >= 11 is 0. The lowest BCUT2D eigenvalue weighted by Gasteiger charge is -2.19. The van der Waals surface area contributed by atoms with Gasteiger partial charge in [0.1, 0.15) is 49.7 Å². The molecule has 0 bridgehead atoms. The predicted octanol–water partition coefficient (Wildman–Crippen LogP) is 22.6. The molecule has 9 rings (SSSR count). The number of amides is 5. The minimum absolute atomic E-state index is 0.00624. The number of carbonyl (C=O) groups is 10. The molecule has 0 saturated carbocycles. The Labute approximate surface area is 799 Å². The number of ether oxygens (including phenoxy) is 7. The molecular formula is C108H143F5N6O17. The molecule has 2 aliphatic carbocycles. The lowest BCUT2D eigenvalue weighted by molar-refractivity contribution is -0.156. The summed E-state index contributed by atoms with van der Waals surface area (Å²) in [5.74, 6) is -17.3. The summed E-state index contributed by atoms with van der Waals surface area (Å²) in [6, 6.07) is 48.5. The molecule has 28 heteroatoms. The molecule has 7 N–H and O–H groups in total. The molecule has 0 fully saturated rings. The van der Waals surface area contributed by atoms with E-state index in [-0.39, 0.29) is 87.8 Å². The quantitative estimate of drug-likeness (QED) is 0.00392. The maximum absolute atomic E-state index is 14.0. The Bertz CT molecular complexity index is 4720. The van der Waals surface area contributed by atoms with Crippen LogP contribution in [0.2, 0.25) is 0 Å². The van der Waals surface area contributed by atoms with Crippen LogP contribution in [-0.4, -0.2) is 122 Å². The zero-order valence-corrected chi connectivity index (χ0v) is 80.3. The molecule has 0 heterocycles. The van der Waals surface area contributed by atoms with E-state index in [1.54, 1.807) is 30.3 Å². The molecule has 0 aromatic heterocycles. The molecule has 0 saturated heterocycles. The third-order valence-corrected chi connectivity index (χ3v) is 23.1. The van der Waals surface area contributed by atoms with Crippen LogP contribution in [0.4, 0.5) is 31.5 Å². The molecule has 0 aliphatic heterocycles. The number of unbranched alkanes of at least 4 members (excludes halogenated alkanes) is 26. The van der Waals surface area contributed by atoms with Crippen molar-refractivity contribution < 1.29 is 103 Å². The first kappa shape index (κ1) is 111. The fourth-order valence-electron chi connectivity index (χ4n) is 16.1. The summed E-state index contributed by atoms with van der Waals surface area (Å²) in [6.07, 6.45) is 29.7. The lowest BCUT2D eigenvalue weighted by Crippen LogP contribution is -2.43. The number of halogens is 5. The molecule has 7 aromatic rings. The van der Waals surface area contributed by atoms with Gasteiger partial charge in [0.15, 0.2) is 0 Å². The molecule has 0 spiro atoms. The molecule has 0 unspecified atom stereocenters. The van der Waals surface area contributed by atoms with Gasteiger partial charge < -0.3 is 65.5 Å². The maximum Gasteiger partial charge on any atom is 0.407 e. The second kappa shape index (κ2) is 62.2. The van der Waals surface area contributed by atoms with Crippen molar-refractivity contribution in [2.75, 3.05) is 39.4 Å². The highest BCUT2D eigenvalue weighted by atomic mass is 19.2. The van der Waals surface area contributed by atoms with Crippen LogP contribution in [0.1, 0.15) is 318 Å². The van der Waals surface area contributed by atoms with Gasteiger partial charge in [0, 0.05) is 76.5 Å². The van der Waals surface area contributed by atoms with Gasteiger partial charge in [-0.15, -0.1) is 0 Å². The highest BCUT2D eigenvalue weighted by Crippen LogP contribution is 2.46. The average Bonchev–Trinajstić information content (AvgIpc) is 1.61. The minimum Gasteiger partial charge on any atom is -0.460 e. The Balaban J connectivity index is 0.000000307. The third-order valence-electron chi connectivity index (χ3n) is 23.1. The number of benzene rings is 7. The number of nitrogens with two attached hydrogens (primary N) is 1. The summed E-state index contributed by atoms with van der Waals surface area (Å²) in [5, 5.41) is 13.4. The van der Waals surface area contributed by atoms with E-state index in [4.69, 9.17) is 34.2 Å². The molecule has 0 radical (unpaired) electrons. The predicted molar refractivity (Wildman–Crippen MR) is 514 cm³/mol. The van der Waals surface area contributed by atoms with Crippen LogP contribution in [0.3, 0.4) is 0 Å². The number of hydrogen-bond donors (Lipinski definition) is 6. The first-order valence-corrected chi connectivity index (χ1v) is 48.8. The van der Waals surface area contributed by atoms with Gasteiger partial charge in [-0.3, -0.25) is 28.8 Å². The summed E-state index contributed by atoms with van der Waals surface area (Å²) in [4.78, 5) is 124. The fourth-order valence-corrected chi connectivity index (χ4v) is 16.1. The second-order valence-electron chi connectivity index (χ2n) is 36.6. The van der Waals surface area contributed by atoms with E-state index in [0.29, 0.717) is 50.9 Å². The third kappa shape index (κ3) is 42.8. The van der Waals surface area contributed by atoms with E-state index in [2.05, 4.69) is 79.9 Å². The number of esters is 5. The van der Waals surface area contributed by atoms with E-state index in [9.17, 15) is 69.9 Å². The summed E-state index contributed by atoms with van der Waals surface area (Å²) < 4.78 is 105. The number of alkyl carbamates (subject to hydrolysis) is 2. The van der Waals surface area contributed by atoms with Crippen molar-refractivity contribution in [2.24, 2.45) is 5.73 Å². The van der Waals surface area contributed by atoms with Crippen molar-refractivity contribution in [3.05, 3.63) is 220 Å². The van der Waals surface area contributed by atoms with Crippen molar-refractivity contribution in [2.45, 2.75) is 321 Å². The van der Waals surface area contributed by atoms with Crippen LogP contribution in [0, 0.1) is 29.1 Å². The molecule has 2 atom stereocenters. The molecular weight excluding hydrogens is 1750 g/mol. The highest BCUT2D eigenvalue weighted by molar-refractivity contribution is 5.87. The Morgan fingerprint density at radius 3 is 0.934 bits per heavy atom. The summed E-state index contributed by atoms with van der Waals surface area (Å²) in [6.45, 7) is 13.0. The normalized spacial score (nSPS) is 12.3. The second-order valence-corrected chi connectivity index (χ2v) is 36.6. The Hall–Kier alpha value is -11.6.